The summed E-state index contributed by atoms with van der Waals surface area (Å²) in [4.78, 5) is 3.13. The molecule has 0 bridgehead atoms. The quantitative estimate of drug-likeness (QED) is 0.0237. The molecule has 0 spiro atoms. The predicted octanol–water partition coefficient (Wildman–Crippen LogP) is 24.2. The molecule has 9 aromatic heterocycles. The van der Waals surface area contributed by atoms with Crippen molar-refractivity contribution in [1.29, 1.82) is 0 Å². The fourth-order valence-corrected chi connectivity index (χ4v) is 16.7. The molecule has 0 aliphatic rings. The highest BCUT2D eigenvalue weighted by molar-refractivity contribution is 7.88. The van der Waals surface area contributed by atoms with Crippen LogP contribution >= 0.6 is 0 Å². The number of sulfonamides is 1. The zero-order chi connectivity index (χ0) is 98.1. The van der Waals surface area contributed by atoms with Crippen LogP contribution in [-0.4, -0.2) is 118 Å². The van der Waals surface area contributed by atoms with Gasteiger partial charge >= 0.3 is 24.7 Å². The molecule has 0 amide bonds. The standard InChI is InChI=1S/C28H28F3N3O4.C25H28F3N3O5S.C24H26F3N3O3.C22H21F3N2O3/c1-4-7-20-25(11-10-21-26(20)38-33-27(21)28(29,30)31)35-15-6-13-34-14-12-19-23(34)8-5-9-24(19)36-16-22-17(2)32-37-18(22)3;1-3-6-18-22(10-9-19-23(18)36-30-24(19)25(26,27)28)34-15-5-13-31-14-11-17-20(31)7-4-8-21(17)35-16-12-29-37(2,32)33;1-2-5-17-21(9-8-18-22(17)33-29-23(18)24(25,26)27)31-14-4-12-30-13-10-16-19(30)6-3-7-20(16)32-15-11-28;1-2-4-16-19(8-6-17-20(16)30-27-21(17)22(23,24)25)29-12-3-11-28-15-5-7-18-14(13-15)9-10-26-18/h5,8-12,14H,4,6-7,13,15-16H2,1-3H3;4,7-11,14,29H,3,5-6,12-13,15-16H2,1-2H3;3,6-10,13H,2,4-5,11-12,14-15,28H2,1H3;5-10,13,26H,2-4,11-12H2,1H3. The number of nitrogens with two attached hydrogens (primary N) is 1. The van der Waals surface area contributed by atoms with Crippen molar-refractivity contribution in [3.05, 3.63) is 232 Å². The average molecular weight is 1950 g/mol. The van der Waals surface area contributed by atoms with E-state index in [4.69, 9.17) is 66.2 Å². The van der Waals surface area contributed by atoms with Gasteiger partial charge < -0.3 is 84.9 Å². The highest BCUT2D eigenvalue weighted by Crippen LogP contribution is 2.45. The Bertz CT molecular complexity index is 7060. The Morgan fingerprint density at radius 2 is 0.739 bits per heavy atom. The van der Waals surface area contributed by atoms with Crippen LogP contribution in [0.3, 0.4) is 0 Å². The minimum atomic E-state index is -4.59. The molecule has 0 saturated heterocycles. The first-order valence-corrected chi connectivity index (χ1v) is 47.0. The van der Waals surface area contributed by atoms with Crippen molar-refractivity contribution in [1.82, 2.24) is 49.2 Å². The summed E-state index contributed by atoms with van der Waals surface area (Å²) in [5.74, 6) is 5.83. The van der Waals surface area contributed by atoms with E-state index in [0.717, 1.165) is 110 Å². The van der Waals surface area contributed by atoms with Gasteiger partial charge in [0.1, 0.15) is 71.6 Å². The van der Waals surface area contributed by atoms with Gasteiger partial charge in [-0.2, -0.15) is 52.7 Å². The lowest BCUT2D eigenvalue weighted by molar-refractivity contribution is -0.142. The summed E-state index contributed by atoms with van der Waals surface area (Å²) in [6.45, 7) is 17.2. The van der Waals surface area contributed by atoms with E-state index in [2.05, 4.69) is 49.2 Å². The number of hydrogen-bond acceptors (Lipinski definition) is 21. The number of hydrogen-bond donors (Lipinski definition) is 3. The molecule has 39 heteroatoms. The summed E-state index contributed by atoms with van der Waals surface area (Å²) in [6, 6.07) is 42.9. The molecule has 0 atom stereocenters. The molecule has 26 nitrogen and oxygen atoms in total. The molecule has 0 fully saturated rings. The Labute approximate surface area is 783 Å². The molecule has 734 valence electrons. The maximum Gasteiger partial charge on any atom is 0.437 e. The van der Waals surface area contributed by atoms with Crippen molar-refractivity contribution >= 4 is 97.5 Å². The van der Waals surface area contributed by atoms with Crippen LogP contribution in [0.5, 0.6) is 46.0 Å². The second-order valence-electron chi connectivity index (χ2n) is 32.5. The number of benzene rings is 8. The number of aromatic amines is 1. The van der Waals surface area contributed by atoms with Crippen molar-refractivity contribution in [2.75, 3.05) is 65.6 Å². The van der Waals surface area contributed by atoms with Crippen LogP contribution in [-0.2, 0) is 86.7 Å². The lowest BCUT2D eigenvalue weighted by Gasteiger charge is -2.12. The van der Waals surface area contributed by atoms with Crippen LogP contribution in [0.2, 0.25) is 0 Å². The monoisotopic (exact) mass is 1950 g/mol. The first-order chi connectivity index (χ1) is 66.3. The maximum atomic E-state index is 13.3. The van der Waals surface area contributed by atoms with Crippen LogP contribution in [0.15, 0.2) is 193 Å². The molecule has 0 aliphatic heterocycles. The second-order valence-corrected chi connectivity index (χ2v) is 34.3. The van der Waals surface area contributed by atoms with Crippen LogP contribution in [0.1, 0.15) is 141 Å². The minimum absolute atomic E-state index is 0.0373. The van der Waals surface area contributed by atoms with Crippen molar-refractivity contribution < 1.29 is 122 Å². The zero-order valence-corrected chi connectivity index (χ0v) is 77.4. The van der Waals surface area contributed by atoms with Crippen LogP contribution in [0.25, 0.3) is 87.5 Å². The molecule has 17 aromatic rings. The Morgan fingerprint density at radius 3 is 1.09 bits per heavy atom. The maximum absolute atomic E-state index is 13.3. The van der Waals surface area contributed by atoms with E-state index in [1.54, 1.807) is 24.3 Å². The van der Waals surface area contributed by atoms with E-state index >= 15 is 0 Å². The van der Waals surface area contributed by atoms with Gasteiger partial charge in [0.05, 0.1) is 88.6 Å². The molecule has 0 radical (unpaired) electrons. The fourth-order valence-electron chi connectivity index (χ4n) is 16.2. The summed E-state index contributed by atoms with van der Waals surface area (Å²) in [7, 11) is -3.27. The molecule has 0 aliphatic carbocycles. The third-order valence-electron chi connectivity index (χ3n) is 22.6. The minimum Gasteiger partial charge on any atom is -0.493 e. The highest BCUT2D eigenvalue weighted by atomic mass is 32.2. The van der Waals surface area contributed by atoms with Gasteiger partial charge in [0.25, 0.3) is 0 Å². The number of H-pyrrole nitrogens is 1. The number of fused-ring (bicyclic) bond motifs is 8. The molecule has 8 aromatic carbocycles. The molecule has 9 heterocycles. The number of alkyl halides is 12. The van der Waals surface area contributed by atoms with Gasteiger partial charge in [-0.05, 0) is 186 Å². The zero-order valence-electron chi connectivity index (χ0n) is 76.6. The number of ether oxygens (including phenoxy) is 8. The van der Waals surface area contributed by atoms with Crippen molar-refractivity contribution in [2.24, 2.45) is 5.73 Å². The SMILES string of the molecule is CCCc1c(OCCCOc2ccc3[nH]ccc3c2)ccc2c(C(F)(F)F)noc12.CCCc1c(OCCCn2ccc3c(OCCN)cccc32)ccc2c(C(F)(F)F)noc12.CCCc1c(OCCCn2ccc3c(OCCNS(C)(=O)=O)cccc32)ccc2c(C(F)(F)F)noc12.CCCc1c(OCCCn2ccc3c(OCc4c(C)noc4C)cccc32)ccc2c(C(F)(F)F)noc12. The summed E-state index contributed by atoms with van der Waals surface area (Å²) >= 11 is 0. The number of nitrogens with zero attached hydrogens (tertiary/aromatic N) is 8. The Morgan fingerprint density at radius 1 is 0.384 bits per heavy atom. The number of nitrogens with one attached hydrogen (secondary N) is 2. The van der Waals surface area contributed by atoms with Gasteiger partial charge in [0, 0.05) is 113 Å². The number of halogens is 12. The number of aryl methyl sites for hydroxylation is 9. The lowest BCUT2D eigenvalue weighted by Crippen LogP contribution is -2.26. The smallest absolute Gasteiger partial charge is 0.437 e. The van der Waals surface area contributed by atoms with E-state index in [1.165, 1.54) is 24.3 Å². The van der Waals surface area contributed by atoms with Gasteiger partial charge in [-0.15, -0.1) is 0 Å². The molecule has 4 N–H and O–H groups in total. The molecular formula is C99H103F12N11O15S. The Kier molecular flexibility index (Phi) is 32.5. The second kappa shape index (κ2) is 44.7. The van der Waals surface area contributed by atoms with E-state index in [9.17, 15) is 61.1 Å². The molecule has 0 saturated carbocycles. The molecule has 138 heavy (non-hydrogen) atoms. The van der Waals surface area contributed by atoms with Gasteiger partial charge in [0.2, 0.25) is 10.0 Å². The average Bonchev–Trinajstić information content (AvgIpc) is 1.61. The summed E-state index contributed by atoms with van der Waals surface area (Å²) in [5.41, 5.74) is 10.3. The van der Waals surface area contributed by atoms with Crippen LogP contribution in [0, 0.1) is 13.8 Å². The van der Waals surface area contributed by atoms with Crippen LogP contribution in [0.4, 0.5) is 52.7 Å². The molecular weight excluding hydrogens is 1840 g/mol. The highest BCUT2D eigenvalue weighted by Gasteiger charge is 2.42. The summed E-state index contributed by atoms with van der Waals surface area (Å²) in [6.07, 6.45) is -1.66. The third kappa shape index (κ3) is 24.2. The third-order valence-corrected chi connectivity index (χ3v) is 23.3. The van der Waals surface area contributed by atoms with Crippen molar-refractivity contribution in [3.8, 4) is 46.0 Å². The summed E-state index contributed by atoms with van der Waals surface area (Å²) in [5, 5.41) is 20.8. The van der Waals surface area contributed by atoms with Gasteiger partial charge in [0.15, 0.2) is 45.1 Å². The van der Waals surface area contributed by atoms with E-state index in [-0.39, 0.29) is 57.0 Å². The first-order valence-electron chi connectivity index (χ1n) is 45.1. The number of rotatable bonds is 40. The van der Waals surface area contributed by atoms with Crippen molar-refractivity contribution in [2.45, 2.75) is 170 Å². The van der Waals surface area contributed by atoms with E-state index in [0.29, 0.717) is 175 Å². The topological polar surface area (TPSA) is 307 Å². The molecule has 0 unspecified atom stereocenters. The van der Waals surface area contributed by atoms with E-state index < -0.39 is 57.5 Å². The first kappa shape index (κ1) is 100. The predicted molar refractivity (Wildman–Crippen MR) is 495 cm³/mol. The molecule has 17 rings (SSSR count). The van der Waals surface area contributed by atoms with E-state index in [1.807, 2.05) is 163 Å². The lowest BCUT2D eigenvalue weighted by atomic mass is 10.0. The normalized spacial score (nSPS) is 12.1. The Hall–Kier alpha value is -13.6. The van der Waals surface area contributed by atoms with Gasteiger partial charge in [-0.1, -0.05) is 97.4 Å². The fraction of sp³-hybridized carbons (Fsp3) is 0.364. The largest absolute Gasteiger partial charge is 0.493 e. The Balaban J connectivity index is 0.000000147. The summed E-state index contributed by atoms with van der Waals surface area (Å²) < 4.78 is 262. The number of aromatic nitrogens is 9. The van der Waals surface area contributed by atoms with Gasteiger partial charge in [-0.3, -0.25) is 0 Å². The van der Waals surface area contributed by atoms with Gasteiger partial charge in [-0.25, -0.2) is 13.1 Å². The van der Waals surface area contributed by atoms with Crippen LogP contribution < -0.4 is 48.4 Å². The van der Waals surface area contributed by atoms with Crippen molar-refractivity contribution in [3.63, 3.8) is 0 Å².